The van der Waals surface area contributed by atoms with Crippen LogP contribution in [0.4, 0.5) is 11.8 Å². The van der Waals surface area contributed by atoms with Crippen molar-refractivity contribution in [3.63, 3.8) is 0 Å². The molecule has 1 aliphatic carbocycles. The number of ether oxygens (including phenoxy) is 1. The third-order valence-corrected chi connectivity index (χ3v) is 3.08. The molecule has 0 bridgehead atoms. The normalized spacial score (nSPS) is 15.4. The molecule has 1 aromatic rings. The quantitative estimate of drug-likeness (QED) is 0.791. The van der Waals surface area contributed by atoms with Gasteiger partial charge in [0.05, 0.1) is 6.61 Å². The van der Waals surface area contributed by atoms with E-state index in [1.807, 2.05) is 6.92 Å². The van der Waals surface area contributed by atoms with Crippen LogP contribution in [0, 0.1) is 5.92 Å². The number of nitrogens with two attached hydrogens (primary N) is 1. The first-order valence-electron chi connectivity index (χ1n) is 6.29. The number of anilines is 2. The van der Waals surface area contributed by atoms with Crippen molar-refractivity contribution in [2.45, 2.75) is 32.6 Å². The fourth-order valence-electron chi connectivity index (χ4n) is 1.90. The van der Waals surface area contributed by atoms with Crippen molar-refractivity contribution < 1.29 is 4.74 Å². The average Bonchev–Trinajstić information content (AvgIpc) is 2.21. The highest BCUT2D eigenvalue weighted by molar-refractivity contribution is 5.42. The summed E-state index contributed by atoms with van der Waals surface area (Å²) in [5, 5.41) is 3.10. The van der Waals surface area contributed by atoms with Gasteiger partial charge in [-0.2, -0.15) is 9.97 Å². The summed E-state index contributed by atoms with van der Waals surface area (Å²) >= 11 is 0. The minimum absolute atomic E-state index is 0.252. The van der Waals surface area contributed by atoms with Crippen LogP contribution in [0.2, 0.25) is 0 Å². The van der Waals surface area contributed by atoms with E-state index in [1.165, 1.54) is 19.3 Å². The molecular formula is C12H20N4O. The maximum atomic E-state index is 5.62. The van der Waals surface area contributed by atoms with Crippen LogP contribution >= 0.6 is 0 Å². The Hall–Kier alpha value is -1.52. The van der Waals surface area contributed by atoms with Crippen LogP contribution in [0.1, 0.15) is 32.6 Å². The van der Waals surface area contributed by atoms with Crippen LogP contribution < -0.4 is 15.8 Å². The Kier molecular flexibility index (Phi) is 4.01. The molecule has 94 valence electrons. The molecule has 1 heterocycles. The first-order valence-corrected chi connectivity index (χ1v) is 6.29. The number of hydrogen-bond donors (Lipinski definition) is 2. The van der Waals surface area contributed by atoms with Gasteiger partial charge in [-0.15, -0.1) is 0 Å². The second-order valence-electron chi connectivity index (χ2n) is 4.41. The molecule has 1 saturated carbocycles. The molecule has 1 aromatic heterocycles. The van der Waals surface area contributed by atoms with Crippen molar-refractivity contribution in [3.8, 4) is 5.88 Å². The maximum Gasteiger partial charge on any atom is 0.225 e. The lowest BCUT2D eigenvalue weighted by Crippen LogP contribution is -2.15. The summed E-state index contributed by atoms with van der Waals surface area (Å²) in [6, 6.07) is 1.79. The Morgan fingerprint density at radius 3 is 2.94 bits per heavy atom. The maximum absolute atomic E-state index is 5.62. The van der Waals surface area contributed by atoms with Crippen molar-refractivity contribution in [2.24, 2.45) is 5.92 Å². The van der Waals surface area contributed by atoms with Gasteiger partial charge in [0, 0.05) is 12.6 Å². The van der Waals surface area contributed by atoms with Gasteiger partial charge in [0.15, 0.2) is 0 Å². The van der Waals surface area contributed by atoms with Gasteiger partial charge in [0.1, 0.15) is 5.82 Å². The van der Waals surface area contributed by atoms with Crippen LogP contribution in [-0.4, -0.2) is 23.1 Å². The van der Waals surface area contributed by atoms with Gasteiger partial charge in [-0.1, -0.05) is 19.3 Å². The predicted molar refractivity (Wildman–Crippen MR) is 68.1 cm³/mol. The van der Waals surface area contributed by atoms with E-state index in [0.717, 1.165) is 24.7 Å². The van der Waals surface area contributed by atoms with E-state index in [0.29, 0.717) is 12.5 Å². The van der Waals surface area contributed by atoms with E-state index in [1.54, 1.807) is 6.07 Å². The summed E-state index contributed by atoms with van der Waals surface area (Å²) in [7, 11) is 0. The second-order valence-corrected chi connectivity index (χ2v) is 4.41. The van der Waals surface area contributed by atoms with Crippen molar-refractivity contribution in [2.75, 3.05) is 24.2 Å². The number of hydrogen-bond acceptors (Lipinski definition) is 5. The van der Waals surface area contributed by atoms with Crippen LogP contribution in [0.5, 0.6) is 5.88 Å². The van der Waals surface area contributed by atoms with Crippen molar-refractivity contribution in [1.82, 2.24) is 9.97 Å². The van der Waals surface area contributed by atoms with Crippen molar-refractivity contribution in [1.29, 1.82) is 0 Å². The lowest BCUT2D eigenvalue weighted by atomic mass is 9.83. The molecule has 1 fully saturated rings. The minimum Gasteiger partial charge on any atom is -0.477 e. The second kappa shape index (κ2) is 5.70. The summed E-state index contributed by atoms with van der Waals surface area (Å²) in [6.07, 6.45) is 5.17. The van der Waals surface area contributed by atoms with Gasteiger partial charge in [-0.05, 0) is 19.3 Å². The van der Waals surface area contributed by atoms with Crippen molar-refractivity contribution in [3.05, 3.63) is 6.07 Å². The van der Waals surface area contributed by atoms with Crippen LogP contribution in [0.25, 0.3) is 0 Å². The zero-order chi connectivity index (χ0) is 12.1. The molecule has 0 aromatic carbocycles. The Balaban J connectivity index is 1.85. The topological polar surface area (TPSA) is 73.1 Å². The van der Waals surface area contributed by atoms with Gasteiger partial charge in [-0.3, -0.25) is 0 Å². The van der Waals surface area contributed by atoms with Gasteiger partial charge in [0.25, 0.3) is 0 Å². The Labute approximate surface area is 102 Å². The van der Waals surface area contributed by atoms with E-state index in [-0.39, 0.29) is 5.95 Å². The van der Waals surface area contributed by atoms with Crippen LogP contribution in [0.3, 0.4) is 0 Å². The van der Waals surface area contributed by atoms with Gasteiger partial charge in [0.2, 0.25) is 11.8 Å². The minimum atomic E-state index is 0.252. The first-order chi connectivity index (χ1) is 8.28. The number of aromatic nitrogens is 2. The zero-order valence-electron chi connectivity index (χ0n) is 10.3. The molecule has 0 saturated heterocycles. The van der Waals surface area contributed by atoms with E-state index in [4.69, 9.17) is 10.5 Å². The summed E-state index contributed by atoms with van der Waals surface area (Å²) in [5.41, 5.74) is 5.62. The fourth-order valence-corrected chi connectivity index (χ4v) is 1.90. The molecule has 5 heteroatoms. The first kappa shape index (κ1) is 12.0. The Bertz CT molecular complexity index is 366. The molecule has 1 aliphatic rings. The highest BCUT2D eigenvalue weighted by atomic mass is 16.5. The fraction of sp³-hybridized carbons (Fsp3) is 0.667. The summed E-state index contributed by atoms with van der Waals surface area (Å²) in [6.45, 7) is 3.53. The molecule has 2 rings (SSSR count). The van der Waals surface area contributed by atoms with E-state index in [2.05, 4.69) is 15.3 Å². The van der Waals surface area contributed by atoms with E-state index < -0.39 is 0 Å². The SMILES string of the molecule is CCNc1cc(OCCC2CCC2)nc(N)n1. The van der Waals surface area contributed by atoms with Crippen molar-refractivity contribution >= 4 is 11.8 Å². The summed E-state index contributed by atoms with van der Waals surface area (Å²) in [5.74, 6) is 2.39. The average molecular weight is 236 g/mol. The lowest BCUT2D eigenvalue weighted by Gasteiger charge is -2.24. The molecule has 0 unspecified atom stereocenters. The monoisotopic (exact) mass is 236 g/mol. The number of rotatable bonds is 6. The lowest BCUT2D eigenvalue weighted by molar-refractivity contribution is 0.217. The molecule has 17 heavy (non-hydrogen) atoms. The predicted octanol–water partition coefficient (Wildman–Crippen LogP) is 2.06. The Morgan fingerprint density at radius 1 is 1.47 bits per heavy atom. The zero-order valence-corrected chi connectivity index (χ0v) is 10.3. The molecular weight excluding hydrogens is 216 g/mol. The highest BCUT2D eigenvalue weighted by Gasteiger charge is 2.17. The molecule has 0 atom stereocenters. The molecule has 3 N–H and O–H groups in total. The van der Waals surface area contributed by atoms with Crippen LogP contribution in [-0.2, 0) is 0 Å². The molecule has 0 aliphatic heterocycles. The largest absolute Gasteiger partial charge is 0.477 e. The highest BCUT2D eigenvalue weighted by Crippen LogP contribution is 2.29. The summed E-state index contributed by atoms with van der Waals surface area (Å²) < 4.78 is 5.61. The molecule has 0 spiro atoms. The third-order valence-electron chi connectivity index (χ3n) is 3.08. The third kappa shape index (κ3) is 3.47. The number of nitrogens with zero attached hydrogens (tertiary/aromatic N) is 2. The summed E-state index contributed by atoms with van der Waals surface area (Å²) in [4.78, 5) is 8.13. The Morgan fingerprint density at radius 2 is 2.29 bits per heavy atom. The standard InChI is InChI=1S/C12H20N4O/c1-2-14-10-8-11(16-12(13)15-10)17-7-6-9-4-3-5-9/h8-9H,2-7H2,1H3,(H3,13,14,15,16). The molecule has 0 radical (unpaired) electrons. The van der Waals surface area contributed by atoms with Gasteiger partial charge < -0.3 is 15.8 Å². The van der Waals surface area contributed by atoms with E-state index >= 15 is 0 Å². The van der Waals surface area contributed by atoms with E-state index in [9.17, 15) is 0 Å². The number of nitrogen functional groups attached to an aromatic ring is 1. The molecule has 5 nitrogen and oxygen atoms in total. The molecule has 0 amide bonds. The van der Waals surface area contributed by atoms with Crippen LogP contribution in [0.15, 0.2) is 6.07 Å². The number of nitrogens with one attached hydrogen (secondary N) is 1. The van der Waals surface area contributed by atoms with Gasteiger partial charge >= 0.3 is 0 Å². The smallest absolute Gasteiger partial charge is 0.225 e. The van der Waals surface area contributed by atoms with Gasteiger partial charge in [-0.25, -0.2) is 0 Å².